The van der Waals surface area contributed by atoms with Crippen molar-refractivity contribution < 1.29 is 9.84 Å². The maximum Gasteiger partial charge on any atom is 0.133 e. The van der Waals surface area contributed by atoms with Gasteiger partial charge < -0.3 is 9.84 Å². The summed E-state index contributed by atoms with van der Waals surface area (Å²) < 4.78 is 7.07. The molecule has 0 aromatic heterocycles. The summed E-state index contributed by atoms with van der Waals surface area (Å²) in [5, 5.41) is 10.3. The largest absolute Gasteiger partial charge is 0.496 e. The minimum atomic E-state index is -0.525. The van der Waals surface area contributed by atoms with E-state index in [0.717, 1.165) is 25.8 Å². The first-order chi connectivity index (χ1) is 9.10. The molecule has 2 nitrogen and oxygen atoms in total. The van der Waals surface area contributed by atoms with Gasteiger partial charge in [0.1, 0.15) is 5.75 Å². The zero-order valence-corrected chi connectivity index (χ0v) is 13.6. The summed E-state index contributed by atoms with van der Waals surface area (Å²) >= 11 is 6.83. The molecule has 2 aromatic rings. The molecule has 2 rings (SSSR count). The molecule has 0 bridgehead atoms. The van der Waals surface area contributed by atoms with Crippen LogP contribution in [-0.2, 0) is 6.42 Å². The monoisotopic (exact) mass is 384 g/mol. The number of aliphatic hydroxyl groups excluding tert-OH is 1. The average molecular weight is 386 g/mol. The molecule has 4 heteroatoms. The summed E-state index contributed by atoms with van der Waals surface area (Å²) in [5.41, 5.74) is 1.97. The number of methoxy groups -OCH3 is 1. The number of halogens is 2. The molecule has 0 saturated heterocycles. The summed E-state index contributed by atoms with van der Waals surface area (Å²) in [7, 11) is 1.62. The molecule has 1 atom stereocenters. The molecule has 100 valence electrons. The molecule has 1 unspecified atom stereocenters. The number of hydrogen-bond donors (Lipinski definition) is 1. The lowest BCUT2D eigenvalue weighted by Crippen LogP contribution is -2.02. The van der Waals surface area contributed by atoms with Gasteiger partial charge >= 0.3 is 0 Å². The zero-order chi connectivity index (χ0) is 13.8. The van der Waals surface area contributed by atoms with Crippen LogP contribution in [0.15, 0.2) is 51.4 Å². The Balaban J connectivity index is 2.13. The number of benzene rings is 2. The molecular weight excluding hydrogens is 372 g/mol. The Bertz CT molecular complexity index is 553. The van der Waals surface area contributed by atoms with Crippen LogP contribution in [0.25, 0.3) is 0 Å². The summed E-state index contributed by atoms with van der Waals surface area (Å²) in [6, 6.07) is 13.6. The Hall–Kier alpha value is -0.840. The predicted molar refractivity (Wildman–Crippen MR) is 83.5 cm³/mol. The van der Waals surface area contributed by atoms with Crippen molar-refractivity contribution in [1.29, 1.82) is 0 Å². The van der Waals surface area contributed by atoms with Gasteiger partial charge in [-0.1, -0.05) is 34.1 Å². The van der Waals surface area contributed by atoms with Crippen molar-refractivity contribution in [3.05, 3.63) is 62.5 Å². The highest BCUT2D eigenvalue weighted by molar-refractivity contribution is 9.10. The van der Waals surface area contributed by atoms with Crippen LogP contribution >= 0.6 is 31.9 Å². The Labute approximate surface area is 129 Å². The van der Waals surface area contributed by atoms with Crippen molar-refractivity contribution in [2.24, 2.45) is 0 Å². The fourth-order valence-electron chi connectivity index (χ4n) is 1.85. The summed E-state index contributed by atoms with van der Waals surface area (Å²) in [6.45, 7) is 0. The molecule has 0 aliphatic rings. The molecular formula is C15H14Br2O2. The molecule has 0 heterocycles. The molecule has 0 amide bonds. The van der Waals surface area contributed by atoms with Crippen molar-refractivity contribution in [2.45, 2.75) is 12.5 Å². The Morgan fingerprint density at radius 2 is 1.79 bits per heavy atom. The van der Waals surface area contributed by atoms with E-state index in [1.54, 1.807) is 7.11 Å². The van der Waals surface area contributed by atoms with Crippen molar-refractivity contribution in [3.63, 3.8) is 0 Å². The van der Waals surface area contributed by atoms with Crippen molar-refractivity contribution in [2.75, 3.05) is 7.11 Å². The first kappa shape index (κ1) is 14.6. The highest BCUT2D eigenvalue weighted by Gasteiger charge is 2.11. The van der Waals surface area contributed by atoms with Crippen LogP contribution < -0.4 is 4.74 Å². The van der Waals surface area contributed by atoms with Crippen molar-refractivity contribution in [3.8, 4) is 5.75 Å². The summed E-state index contributed by atoms with van der Waals surface area (Å²) in [6.07, 6.45) is 0.0647. The molecule has 0 saturated carbocycles. The lowest BCUT2D eigenvalue weighted by Gasteiger charge is -2.13. The molecule has 1 N–H and O–H groups in total. The quantitative estimate of drug-likeness (QED) is 0.839. The van der Waals surface area contributed by atoms with Gasteiger partial charge in [0, 0.05) is 10.9 Å². The summed E-state index contributed by atoms with van der Waals surface area (Å²) in [5.74, 6) is 0.764. The van der Waals surface area contributed by atoms with Gasteiger partial charge in [-0.15, -0.1) is 0 Å². The third-order valence-corrected chi connectivity index (χ3v) is 4.05. The normalized spacial score (nSPS) is 12.2. The standard InChI is InChI=1S/C15H14Br2O2/c1-19-15-7-4-11(9-13(15)17)14(18)8-10-2-5-12(16)6-3-10/h2-7,9,14,18H,8H2,1H3. The second kappa shape index (κ2) is 6.55. The molecule has 0 aliphatic heterocycles. The van der Waals surface area contributed by atoms with E-state index in [-0.39, 0.29) is 0 Å². The van der Waals surface area contributed by atoms with Crippen LogP contribution in [0, 0.1) is 0 Å². The van der Waals surface area contributed by atoms with Crippen LogP contribution in [0.1, 0.15) is 17.2 Å². The van der Waals surface area contributed by atoms with Gasteiger partial charge in [0.05, 0.1) is 17.7 Å². The van der Waals surface area contributed by atoms with Crippen LogP contribution in [0.5, 0.6) is 5.75 Å². The van der Waals surface area contributed by atoms with E-state index in [0.29, 0.717) is 6.42 Å². The minimum absolute atomic E-state index is 0.525. The van der Waals surface area contributed by atoms with E-state index in [4.69, 9.17) is 4.74 Å². The fourth-order valence-corrected chi connectivity index (χ4v) is 2.67. The fraction of sp³-hybridized carbons (Fsp3) is 0.200. The summed E-state index contributed by atoms with van der Waals surface area (Å²) in [4.78, 5) is 0. The first-order valence-electron chi connectivity index (χ1n) is 5.86. The second-order valence-corrected chi connectivity index (χ2v) is 6.01. The number of hydrogen-bond acceptors (Lipinski definition) is 2. The van der Waals surface area contributed by atoms with E-state index in [9.17, 15) is 5.11 Å². The highest BCUT2D eigenvalue weighted by Crippen LogP contribution is 2.29. The van der Waals surface area contributed by atoms with Gasteiger partial charge in [-0.3, -0.25) is 0 Å². The molecule has 2 aromatic carbocycles. The third-order valence-electron chi connectivity index (χ3n) is 2.90. The lowest BCUT2D eigenvalue weighted by molar-refractivity contribution is 0.178. The first-order valence-corrected chi connectivity index (χ1v) is 7.44. The van der Waals surface area contributed by atoms with E-state index in [1.807, 2.05) is 42.5 Å². The van der Waals surface area contributed by atoms with Gasteiger partial charge in [-0.05, 0) is 51.3 Å². The topological polar surface area (TPSA) is 29.5 Å². The Morgan fingerprint density at radius 1 is 1.11 bits per heavy atom. The Kier molecular flexibility index (Phi) is 5.02. The number of rotatable bonds is 4. The van der Waals surface area contributed by atoms with Crippen LogP contribution in [0.3, 0.4) is 0 Å². The van der Waals surface area contributed by atoms with Gasteiger partial charge in [-0.25, -0.2) is 0 Å². The molecule has 19 heavy (non-hydrogen) atoms. The maximum atomic E-state index is 10.3. The van der Waals surface area contributed by atoms with Gasteiger partial charge in [0.2, 0.25) is 0 Å². The zero-order valence-electron chi connectivity index (χ0n) is 10.4. The molecule has 0 spiro atoms. The van der Waals surface area contributed by atoms with Crippen LogP contribution in [-0.4, -0.2) is 12.2 Å². The molecule has 0 fully saturated rings. The second-order valence-electron chi connectivity index (χ2n) is 4.24. The number of ether oxygens (including phenoxy) is 1. The highest BCUT2D eigenvalue weighted by atomic mass is 79.9. The minimum Gasteiger partial charge on any atom is -0.496 e. The van der Waals surface area contributed by atoms with Crippen molar-refractivity contribution in [1.82, 2.24) is 0 Å². The molecule has 0 radical (unpaired) electrons. The maximum absolute atomic E-state index is 10.3. The Morgan fingerprint density at radius 3 is 2.37 bits per heavy atom. The van der Waals surface area contributed by atoms with Gasteiger partial charge in [0.15, 0.2) is 0 Å². The third kappa shape index (κ3) is 3.81. The predicted octanol–water partition coefficient (Wildman–Crippen LogP) is 4.50. The van der Waals surface area contributed by atoms with E-state index >= 15 is 0 Å². The smallest absolute Gasteiger partial charge is 0.133 e. The van der Waals surface area contributed by atoms with E-state index in [2.05, 4.69) is 31.9 Å². The van der Waals surface area contributed by atoms with Gasteiger partial charge in [0.25, 0.3) is 0 Å². The van der Waals surface area contributed by atoms with E-state index < -0.39 is 6.10 Å². The van der Waals surface area contributed by atoms with Crippen LogP contribution in [0.4, 0.5) is 0 Å². The van der Waals surface area contributed by atoms with Crippen LogP contribution in [0.2, 0.25) is 0 Å². The van der Waals surface area contributed by atoms with E-state index in [1.165, 1.54) is 0 Å². The average Bonchev–Trinajstić information content (AvgIpc) is 2.41. The van der Waals surface area contributed by atoms with Gasteiger partial charge in [-0.2, -0.15) is 0 Å². The lowest BCUT2D eigenvalue weighted by atomic mass is 10.0. The number of aliphatic hydroxyl groups is 1. The SMILES string of the molecule is COc1ccc(C(O)Cc2ccc(Br)cc2)cc1Br. The molecule has 0 aliphatic carbocycles. The van der Waals surface area contributed by atoms with Crippen molar-refractivity contribution >= 4 is 31.9 Å².